The molecule has 0 bridgehead atoms. The summed E-state index contributed by atoms with van der Waals surface area (Å²) in [6.45, 7) is -1.02. The van der Waals surface area contributed by atoms with Crippen LogP contribution in [0.5, 0.6) is 5.75 Å². The fraction of sp³-hybridized carbons (Fsp3) is 0.308. The Hall–Kier alpha value is -1.80. The Morgan fingerprint density at radius 2 is 1.86 bits per heavy atom. The smallest absolute Gasteiger partial charge is 0.243 e. The molecule has 1 saturated heterocycles. The topological polar surface area (TPSA) is 70.5 Å². The maximum atomic E-state index is 13.3. The summed E-state index contributed by atoms with van der Waals surface area (Å²) >= 11 is 0. The molecule has 8 heteroatoms. The maximum absolute atomic E-state index is 13.3. The molecule has 1 aliphatic rings. The molecule has 2 aromatic rings. The van der Waals surface area contributed by atoms with Crippen molar-refractivity contribution in [3.8, 4) is 5.75 Å². The highest BCUT2D eigenvalue weighted by atomic mass is 32.2. The molecule has 21 heavy (non-hydrogen) atoms. The number of sulfonamides is 1. The van der Waals surface area contributed by atoms with Crippen LogP contribution in [0.25, 0.3) is 10.9 Å². The first-order chi connectivity index (χ1) is 9.91. The number of halogens is 2. The summed E-state index contributed by atoms with van der Waals surface area (Å²) in [6.07, 6.45) is -2.22. The SMILES string of the molecule is O=S(=O)(c1ccc(O)c2ncccc12)N1C[C@@H](F)[C@H](F)C1. The molecule has 0 radical (unpaired) electrons. The van der Waals surface area contributed by atoms with Crippen molar-refractivity contribution in [2.24, 2.45) is 0 Å². The van der Waals surface area contributed by atoms with E-state index < -0.39 is 35.5 Å². The number of aromatic nitrogens is 1. The molecule has 2 atom stereocenters. The Morgan fingerprint density at radius 3 is 2.52 bits per heavy atom. The number of phenols is 1. The Labute approximate surface area is 119 Å². The molecule has 5 nitrogen and oxygen atoms in total. The van der Waals surface area contributed by atoms with E-state index in [4.69, 9.17) is 0 Å². The summed E-state index contributed by atoms with van der Waals surface area (Å²) in [5, 5.41) is 9.94. The number of hydrogen-bond acceptors (Lipinski definition) is 4. The highest BCUT2D eigenvalue weighted by Crippen LogP contribution is 2.32. The van der Waals surface area contributed by atoms with Gasteiger partial charge in [-0.25, -0.2) is 17.2 Å². The first-order valence-electron chi connectivity index (χ1n) is 6.26. The van der Waals surface area contributed by atoms with Gasteiger partial charge in [0, 0.05) is 24.7 Å². The van der Waals surface area contributed by atoms with Crippen molar-refractivity contribution in [3.63, 3.8) is 0 Å². The number of nitrogens with zero attached hydrogens (tertiary/aromatic N) is 2. The molecule has 1 fully saturated rings. The van der Waals surface area contributed by atoms with Crippen LogP contribution in [0.15, 0.2) is 35.4 Å². The van der Waals surface area contributed by atoms with E-state index in [1.807, 2.05) is 0 Å². The zero-order valence-electron chi connectivity index (χ0n) is 10.8. The van der Waals surface area contributed by atoms with Gasteiger partial charge in [-0.2, -0.15) is 4.31 Å². The number of pyridine rings is 1. The summed E-state index contributed by atoms with van der Waals surface area (Å²) in [5.74, 6) is -0.155. The minimum absolute atomic E-state index is 0.121. The molecule has 1 aromatic heterocycles. The standard InChI is InChI=1S/C13H12F2N2O3S/c14-9-6-17(7-10(9)15)21(19,20)12-4-3-11(18)13-8(12)2-1-5-16-13/h1-5,9-10,18H,6-7H2/t9-,10-/m1/s1. The molecule has 1 aromatic carbocycles. The van der Waals surface area contributed by atoms with Gasteiger partial charge in [0.25, 0.3) is 0 Å². The van der Waals surface area contributed by atoms with Gasteiger partial charge in [0.05, 0.1) is 4.90 Å². The van der Waals surface area contributed by atoms with Crippen LogP contribution in [0.2, 0.25) is 0 Å². The van der Waals surface area contributed by atoms with Crippen molar-refractivity contribution < 1.29 is 22.3 Å². The van der Waals surface area contributed by atoms with Gasteiger partial charge in [-0.05, 0) is 24.3 Å². The van der Waals surface area contributed by atoms with E-state index in [1.165, 1.54) is 30.5 Å². The van der Waals surface area contributed by atoms with Crippen LogP contribution >= 0.6 is 0 Å². The lowest BCUT2D eigenvalue weighted by Crippen LogP contribution is -2.29. The average molecular weight is 314 g/mol. The van der Waals surface area contributed by atoms with Crippen molar-refractivity contribution in [1.82, 2.24) is 9.29 Å². The molecule has 2 heterocycles. The summed E-state index contributed by atoms with van der Waals surface area (Å²) in [6, 6.07) is 5.44. The minimum Gasteiger partial charge on any atom is -0.506 e. The number of aromatic hydroxyl groups is 1. The van der Waals surface area contributed by atoms with Gasteiger partial charge in [0.15, 0.2) is 0 Å². The lowest BCUT2D eigenvalue weighted by Gasteiger charge is -2.16. The fourth-order valence-electron chi connectivity index (χ4n) is 2.38. The molecule has 0 amide bonds. The second-order valence-electron chi connectivity index (χ2n) is 4.84. The number of alkyl halides is 2. The predicted octanol–water partition coefficient (Wildman–Crippen LogP) is 1.62. The van der Waals surface area contributed by atoms with Crippen molar-refractivity contribution in [3.05, 3.63) is 30.5 Å². The van der Waals surface area contributed by atoms with Gasteiger partial charge in [-0.15, -0.1) is 0 Å². The number of rotatable bonds is 2. The average Bonchev–Trinajstić information content (AvgIpc) is 2.80. The van der Waals surface area contributed by atoms with Crippen molar-refractivity contribution >= 4 is 20.9 Å². The van der Waals surface area contributed by atoms with E-state index in [2.05, 4.69) is 4.98 Å². The highest BCUT2D eigenvalue weighted by molar-refractivity contribution is 7.89. The summed E-state index contributed by atoms with van der Waals surface area (Å²) in [5.41, 5.74) is 0.131. The molecular weight excluding hydrogens is 302 g/mol. The lowest BCUT2D eigenvalue weighted by atomic mass is 10.2. The molecule has 3 rings (SSSR count). The quantitative estimate of drug-likeness (QED) is 0.914. The van der Waals surface area contributed by atoms with Crippen LogP contribution in [0.3, 0.4) is 0 Å². The predicted molar refractivity (Wildman–Crippen MR) is 72.0 cm³/mol. The highest BCUT2D eigenvalue weighted by Gasteiger charge is 2.40. The molecule has 0 unspecified atom stereocenters. The van der Waals surface area contributed by atoms with Crippen LogP contribution < -0.4 is 0 Å². The number of benzene rings is 1. The number of hydrogen-bond donors (Lipinski definition) is 1. The Morgan fingerprint density at radius 1 is 1.19 bits per heavy atom. The van der Waals surface area contributed by atoms with Gasteiger partial charge < -0.3 is 5.11 Å². The monoisotopic (exact) mass is 314 g/mol. The first kappa shape index (κ1) is 14.2. The van der Waals surface area contributed by atoms with E-state index >= 15 is 0 Å². The zero-order valence-corrected chi connectivity index (χ0v) is 11.6. The third-order valence-corrected chi connectivity index (χ3v) is 5.36. The molecule has 1 aliphatic heterocycles. The van der Waals surface area contributed by atoms with Gasteiger partial charge in [-0.3, -0.25) is 4.98 Å². The third-order valence-electron chi connectivity index (χ3n) is 3.47. The number of fused-ring (bicyclic) bond motifs is 1. The van der Waals surface area contributed by atoms with Gasteiger partial charge >= 0.3 is 0 Å². The molecule has 112 valence electrons. The van der Waals surface area contributed by atoms with Crippen molar-refractivity contribution in [2.45, 2.75) is 17.2 Å². The van der Waals surface area contributed by atoms with Crippen molar-refractivity contribution in [2.75, 3.05) is 13.1 Å². The zero-order chi connectivity index (χ0) is 15.2. The maximum Gasteiger partial charge on any atom is 0.243 e. The summed E-state index contributed by atoms with van der Waals surface area (Å²) in [7, 11) is -4.05. The third kappa shape index (κ3) is 2.24. The Bertz CT molecular complexity index is 787. The van der Waals surface area contributed by atoms with Crippen LogP contribution in [0, 0.1) is 0 Å². The lowest BCUT2D eigenvalue weighted by molar-refractivity contribution is 0.217. The van der Waals surface area contributed by atoms with Crippen LogP contribution in [0.1, 0.15) is 0 Å². The number of phenolic OH excluding ortho intramolecular Hbond substituents is 1. The normalized spacial score (nSPS) is 23.7. The van der Waals surface area contributed by atoms with Crippen molar-refractivity contribution in [1.29, 1.82) is 0 Å². The van der Waals surface area contributed by atoms with Gasteiger partial charge in [0.2, 0.25) is 10.0 Å². The molecule has 0 spiro atoms. The molecule has 0 saturated carbocycles. The van der Waals surface area contributed by atoms with E-state index in [0.717, 1.165) is 4.31 Å². The Kier molecular flexibility index (Phi) is 3.29. The van der Waals surface area contributed by atoms with Gasteiger partial charge in [0.1, 0.15) is 23.6 Å². The van der Waals surface area contributed by atoms with Crippen LogP contribution in [-0.4, -0.2) is 48.2 Å². The largest absolute Gasteiger partial charge is 0.506 e. The first-order valence-corrected chi connectivity index (χ1v) is 7.70. The van der Waals surface area contributed by atoms with Crippen LogP contribution in [0.4, 0.5) is 8.78 Å². The van der Waals surface area contributed by atoms with E-state index in [-0.39, 0.29) is 21.5 Å². The molecular formula is C13H12F2N2O3S. The van der Waals surface area contributed by atoms with E-state index in [9.17, 15) is 22.3 Å². The second-order valence-corrected chi connectivity index (χ2v) is 6.74. The molecule has 0 aliphatic carbocycles. The summed E-state index contributed by atoms with van der Waals surface area (Å²) < 4.78 is 52.4. The van der Waals surface area contributed by atoms with E-state index in [1.54, 1.807) is 0 Å². The Balaban J connectivity index is 2.14. The molecule has 1 N–H and O–H groups in total. The van der Waals surface area contributed by atoms with Crippen LogP contribution in [-0.2, 0) is 10.0 Å². The summed E-state index contributed by atoms with van der Waals surface area (Å²) in [4.78, 5) is 3.81. The fourth-order valence-corrected chi connectivity index (χ4v) is 4.02. The minimum atomic E-state index is -4.05. The van der Waals surface area contributed by atoms with E-state index in [0.29, 0.717) is 0 Å². The van der Waals surface area contributed by atoms with Gasteiger partial charge in [-0.1, -0.05) is 0 Å². The second kappa shape index (κ2) is 4.88.